The van der Waals surface area contributed by atoms with Gasteiger partial charge in [0.2, 0.25) is 0 Å². The summed E-state index contributed by atoms with van der Waals surface area (Å²) in [6.07, 6.45) is 9.04. The summed E-state index contributed by atoms with van der Waals surface area (Å²) >= 11 is 0. The van der Waals surface area contributed by atoms with E-state index < -0.39 is 0 Å². The maximum absolute atomic E-state index is 11.1. The van der Waals surface area contributed by atoms with Crippen LogP contribution in [0.3, 0.4) is 0 Å². The van der Waals surface area contributed by atoms with E-state index in [1.54, 1.807) is 6.20 Å². The van der Waals surface area contributed by atoms with Crippen molar-refractivity contribution in [3.05, 3.63) is 23.9 Å². The van der Waals surface area contributed by atoms with Crippen molar-refractivity contribution in [1.82, 2.24) is 4.98 Å². The summed E-state index contributed by atoms with van der Waals surface area (Å²) in [7, 11) is 0. The molecule has 0 bridgehead atoms. The highest BCUT2D eigenvalue weighted by molar-refractivity contribution is 5.82. The van der Waals surface area contributed by atoms with Gasteiger partial charge in [0.25, 0.3) is 0 Å². The monoisotopic (exact) mass is 246 g/mol. The van der Waals surface area contributed by atoms with Crippen LogP contribution in [0.25, 0.3) is 0 Å². The molecule has 2 heterocycles. The van der Waals surface area contributed by atoms with Gasteiger partial charge in [0, 0.05) is 19.3 Å². The van der Waals surface area contributed by atoms with Crippen LogP contribution in [0, 0.1) is 5.92 Å². The Balaban J connectivity index is 2.07. The van der Waals surface area contributed by atoms with Gasteiger partial charge in [-0.1, -0.05) is 19.8 Å². The van der Waals surface area contributed by atoms with E-state index in [4.69, 9.17) is 0 Å². The largest absolute Gasteiger partial charge is 0.356 e. The molecule has 98 valence electrons. The number of aldehydes is 1. The van der Waals surface area contributed by atoms with E-state index in [1.165, 1.54) is 32.1 Å². The number of hydrogen-bond donors (Lipinski definition) is 0. The highest BCUT2D eigenvalue weighted by Crippen LogP contribution is 2.25. The molecule has 1 aromatic heterocycles. The number of nitrogens with zero attached hydrogens (tertiary/aromatic N) is 2. The van der Waals surface area contributed by atoms with Crippen molar-refractivity contribution in [3.63, 3.8) is 0 Å². The smallest absolute Gasteiger partial charge is 0.153 e. The van der Waals surface area contributed by atoms with Crippen LogP contribution in [0.15, 0.2) is 18.3 Å². The normalized spacial score (nSPS) is 20.5. The van der Waals surface area contributed by atoms with Crippen LogP contribution in [-0.4, -0.2) is 24.4 Å². The molecule has 0 aliphatic carbocycles. The van der Waals surface area contributed by atoms with Gasteiger partial charge in [0.05, 0.1) is 5.56 Å². The molecular weight excluding hydrogens is 224 g/mol. The maximum atomic E-state index is 11.1. The lowest BCUT2D eigenvalue weighted by molar-refractivity contribution is 0.112. The van der Waals surface area contributed by atoms with Crippen LogP contribution in [0.5, 0.6) is 0 Å². The number of carbonyl (C=O) groups excluding carboxylic acids is 1. The predicted octanol–water partition coefficient (Wildman–Crippen LogP) is 3.30. The first kappa shape index (κ1) is 13.1. The number of pyridine rings is 1. The summed E-state index contributed by atoms with van der Waals surface area (Å²) in [6, 6.07) is 3.68. The van der Waals surface area contributed by atoms with Gasteiger partial charge >= 0.3 is 0 Å². The summed E-state index contributed by atoms with van der Waals surface area (Å²) in [5.41, 5.74) is 0.714. The van der Waals surface area contributed by atoms with Gasteiger partial charge in [0.15, 0.2) is 6.29 Å². The fraction of sp³-hybridized carbons (Fsp3) is 0.600. The average Bonchev–Trinajstić information content (AvgIpc) is 2.65. The lowest BCUT2D eigenvalue weighted by Gasteiger charge is -2.22. The van der Waals surface area contributed by atoms with E-state index in [1.807, 2.05) is 12.1 Å². The lowest BCUT2D eigenvalue weighted by Crippen LogP contribution is -2.26. The fourth-order valence-corrected chi connectivity index (χ4v) is 2.84. The molecule has 0 radical (unpaired) electrons. The Bertz CT molecular complexity index is 392. The summed E-state index contributed by atoms with van der Waals surface area (Å²) in [5.74, 6) is 1.72. The molecule has 1 saturated heterocycles. The molecule has 1 unspecified atom stereocenters. The predicted molar refractivity (Wildman–Crippen MR) is 74.1 cm³/mol. The molecule has 1 atom stereocenters. The molecule has 2 rings (SSSR count). The Morgan fingerprint density at radius 1 is 1.44 bits per heavy atom. The molecule has 1 aliphatic rings. The second-order valence-corrected chi connectivity index (χ2v) is 5.11. The highest BCUT2D eigenvalue weighted by Gasteiger charge is 2.18. The third-order valence-corrected chi connectivity index (χ3v) is 3.79. The van der Waals surface area contributed by atoms with Crippen molar-refractivity contribution in [3.8, 4) is 0 Å². The lowest BCUT2D eigenvalue weighted by atomic mass is 9.96. The molecule has 18 heavy (non-hydrogen) atoms. The van der Waals surface area contributed by atoms with Gasteiger partial charge in [-0.2, -0.15) is 0 Å². The van der Waals surface area contributed by atoms with Crippen molar-refractivity contribution in [2.24, 2.45) is 5.92 Å². The Labute approximate surface area is 109 Å². The Kier molecular flexibility index (Phi) is 4.73. The van der Waals surface area contributed by atoms with E-state index >= 15 is 0 Å². The van der Waals surface area contributed by atoms with Crippen molar-refractivity contribution in [2.45, 2.75) is 39.0 Å². The summed E-state index contributed by atoms with van der Waals surface area (Å²) in [6.45, 7) is 4.31. The van der Waals surface area contributed by atoms with E-state index in [0.717, 1.165) is 31.1 Å². The van der Waals surface area contributed by atoms with Gasteiger partial charge in [-0.25, -0.2) is 4.98 Å². The van der Waals surface area contributed by atoms with Crippen LogP contribution >= 0.6 is 0 Å². The first-order valence-electron chi connectivity index (χ1n) is 7.00. The van der Waals surface area contributed by atoms with E-state index in [9.17, 15) is 4.79 Å². The van der Waals surface area contributed by atoms with E-state index in [2.05, 4.69) is 16.8 Å². The molecular formula is C15H22N2O. The molecule has 0 N–H and O–H groups in total. The maximum Gasteiger partial charge on any atom is 0.153 e. The van der Waals surface area contributed by atoms with E-state index in [0.29, 0.717) is 5.56 Å². The minimum atomic E-state index is 0.714. The number of carbonyl (C=O) groups is 1. The number of rotatable bonds is 4. The van der Waals surface area contributed by atoms with Gasteiger partial charge < -0.3 is 4.90 Å². The molecule has 0 aromatic carbocycles. The van der Waals surface area contributed by atoms with Gasteiger partial charge in [-0.3, -0.25) is 4.79 Å². The highest BCUT2D eigenvalue weighted by atomic mass is 16.1. The molecule has 0 amide bonds. The fourth-order valence-electron chi connectivity index (χ4n) is 2.84. The SMILES string of the molecule is CCCC1CCCN(c2ncccc2C=O)CC1. The molecule has 3 nitrogen and oxygen atoms in total. The Morgan fingerprint density at radius 3 is 3.11 bits per heavy atom. The van der Waals surface area contributed by atoms with E-state index in [-0.39, 0.29) is 0 Å². The first-order valence-corrected chi connectivity index (χ1v) is 7.00. The van der Waals surface area contributed by atoms with Crippen molar-refractivity contribution < 1.29 is 4.79 Å². The minimum Gasteiger partial charge on any atom is -0.356 e. The molecule has 1 aliphatic heterocycles. The average molecular weight is 246 g/mol. The van der Waals surface area contributed by atoms with Crippen molar-refractivity contribution in [1.29, 1.82) is 0 Å². The number of aromatic nitrogens is 1. The Morgan fingerprint density at radius 2 is 2.33 bits per heavy atom. The van der Waals surface area contributed by atoms with Crippen molar-refractivity contribution >= 4 is 12.1 Å². The third-order valence-electron chi connectivity index (χ3n) is 3.79. The van der Waals surface area contributed by atoms with Crippen LogP contribution in [0.4, 0.5) is 5.82 Å². The van der Waals surface area contributed by atoms with Crippen LogP contribution in [0.2, 0.25) is 0 Å². The summed E-state index contributed by atoms with van der Waals surface area (Å²) < 4.78 is 0. The zero-order chi connectivity index (χ0) is 12.8. The molecule has 0 saturated carbocycles. The molecule has 1 aromatic rings. The molecule has 1 fully saturated rings. The van der Waals surface area contributed by atoms with Crippen LogP contribution < -0.4 is 4.90 Å². The van der Waals surface area contributed by atoms with Crippen molar-refractivity contribution in [2.75, 3.05) is 18.0 Å². The summed E-state index contributed by atoms with van der Waals surface area (Å²) in [4.78, 5) is 17.7. The number of anilines is 1. The topological polar surface area (TPSA) is 33.2 Å². The standard InChI is InChI=1S/C15H22N2O/c1-2-5-13-6-4-10-17(11-8-13)15-14(12-18)7-3-9-16-15/h3,7,9,12-13H,2,4-6,8,10-11H2,1H3. The quantitative estimate of drug-likeness (QED) is 0.764. The van der Waals surface area contributed by atoms with Gasteiger partial charge in [0.1, 0.15) is 5.82 Å². The zero-order valence-electron chi connectivity index (χ0n) is 11.1. The van der Waals surface area contributed by atoms with Crippen LogP contribution in [0.1, 0.15) is 49.4 Å². The molecule has 0 spiro atoms. The first-order chi connectivity index (χ1) is 8.85. The van der Waals surface area contributed by atoms with Gasteiger partial charge in [-0.05, 0) is 37.3 Å². The minimum absolute atomic E-state index is 0.714. The van der Waals surface area contributed by atoms with Crippen LogP contribution in [-0.2, 0) is 0 Å². The summed E-state index contributed by atoms with van der Waals surface area (Å²) in [5, 5.41) is 0. The second kappa shape index (κ2) is 6.53. The second-order valence-electron chi connectivity index (χ2n) is 5.11. The zero-order valence-corrected chi connectivity index (χ0v) is 11.1. The number of hydrogen-bond acceptors (Lipinski definition) is 3. The van der Waals surface area contributed by atoms with Gasteiger partial charge in [-0.15, -0.1) is 0 Å². The third kappa shape index (κ3) is 3.09. The Hall–Kier alpha value is -1.38. The molecule has 3 heteroatoms.